The molecule has 0 bridgehead atoms. The first-order chi connectivity index (χ1) is 16.6. The molecule has 1 amide bonds. The normalized spacial score (nSPS) is 12.0. The van der Waals surface area contributed by atoms with Crippen molar-refractivity contribution in [1.29, 1.82) is 0 Å². The molecule has 2 N–H and O–H groups in total. The summed E-state index contributed by atoms with van der Waals surface area (Å²) < 4.78 is 66.7. The van der Waals surface area contributed by atoms with Crippen molar-refractivity contribution in [3.05, 3.63) is 89.8 Å². The van der Waals surface area contributed by atoms with Gasteiger partial charge in [-0.15, -0.1) is 0 Å². The van der Waals surface area contributed by atoms with Crippen molar-refractivity contribution < 1.29 is 26.4 Å². The van der Waals surface area contributed by atoms with Gasteiger partial charge < -0.3 is 5.32 Å². The van der Waals surface area contributed by atoms with Gasteiger partial charge in [0, 0.05) is 49.0 Å². The minimum atomic E-state index is -4.53. The van der Waals surface area contributed by atoms with Gasteiger partial charge in [0.1, 0.15) is 5.69 Å². The maximum absolute atomic E-state index is 12.6. The highest BCUT2D eigenvalue weighted by molar-refractivity contribution is 7.92. The van der Waals surface area contributed by atoms with Gasteiger partial charge in [-0.2, -0.15) is 13.2 Å². The van der Waals surface area contributed by atoms with Crippen LogP contribution < -0.4 is 10.0 Å². The summed E-state index contributed by atoms with van der Waals surface area (Å²) in [6.45, 7) is -0.0169. The zero-order valence-corrected chi connectivity index (χ0v) is 18.8. The molecule has 0 unspecified atom stereocenters. The molecular weight excluding hydrogens is 485 g/mol. The van der Waals surface area contributed by atoms with Crippen LogP contribution in [0.3, 0.4) is 0 Å². The molecule has 0 saturated heterocycles. The van der Waals surface area contributed by atoms with Crippen LogP contribution in [0.25, 0.3) is 5.78 Å². The summed E-state index contributed by atoms with van der Waals surface area (Å²) in [6.07, 6.45) is 1.79. The number of nitrogens with zero attached hydrogens (tertiary/aromatic N) is 4. The van der Waals surface area contributed by atoms with Crippen LogP contribution in [0.5, 0.6) is 0 Å². The lowest BCUT2D eigenvalue weighted by molar-refractivity contribution is -0.141. The summed E-state index contributed by atoms with van der Waals surface area (Å²) in [5.74, 6) is -0.184. The van der Waals surface area contributed by atoms with Crippen LogP contribution >= 0.6 is 0 Å². The third-order valence-corrected chi connectivity index (χ3v) is 6.19. The summed E-state index contributed by atoms with van der Waals surface area (Å²) in [5.41, 5.74) is 0.512. The van der Waals surface area contributed by atoms with E-state index in [0.29, 0.717) is 17.0 Å². The van der Waals surface area contributed by atoms with E-state index in [1.165, 1.54) is 30.3 Å². The molecular formula is C22H19F3N6O3S. The molecule has 1 aromatic carbocycles. The Hall–Kier alpha value is -4.00. The second kappa shape index (κ2) is 9.70. The Morgan fingerprint density at radius 2 is 1.83 bits per heavy atom. The van der Waals surface area contributed by atoms with E-state index in [1.807, 2.05) is 0 Å². The number of fused-ring (bicyclic) bond motifs is 1. The first-order valence-electron chi connectivity index (χ1n) is 10.3. The number of pyridine rings is 1. The Morgan fingerprint density at radius 1 is 1.06 bits per heavy atom. The maximum Gasteiger partial charge on any atom is 0.433 e. The number of hydrogen-bond acceptors (Lipinski definition) is 6. The lowest BCUT2D eigenvalue weighted by atomic mass is 10.2. The summed E-state index contributed by atoms with van der Waals surface area (Å²) in [6, 6.07) is 9.58. The zero-order chi connectivity index (χ0) is 25.1. The van der Waals surface area contributed by atoms with Crippen LogP contribution in [0, 0.1) is 0 Å². The van der Waals surface area contributed by atoms with Crippen LogP contribution in [-0.2, 0) is 29.2 Å². The van der Waals surface area contributed by atoms with E-state index in [4.69, 9.17) is 0 Å². The Kier molecular flexibility index (Phi) is 6.69. The van der Waals surface area contributed by atoms with E-state index < -0.39 is 27.8 Å². The molecule has 0 saturated carbocycles. The van der Waals surface area contributed by atoms with E-state index >= 15 is 0 Å². The highest BCUT2D eigenvalue weighted by Gasteiger charge is 2.32. The van der Waals surface area contributed by atoms with Crippen LogP contribution in [0.4, 0.5) is 18.9 Å². The molecule has 3 aromatic heterocycles. The topological polar surface area (TPSA) is 118 Å². The number of halogens is 3. The van der Waals surface area contributed by atoms with Gasteiger partial charge in [-0.05, 0) is 42.0 Å². The fraction of sp³-hybridized carbons (Fsp3) is 0.182. The van der Waals surface area contributed by atoms with E-state index in [0.717, 1.165) is 12.3 Å². The largest absolute Gasteiger partial charge is 0.433 e. The maximum atomic E-state index is 12.6. The predicted molar refractivity (Wildman–Crippen MR) is 121 cm³/mol. The number of hydrogen-bond donors (Lipinski definition) is 2. The number of rotatable bonds is 8. The standard InChI is InChI=1S/C22H19F3N6O3S/c23-22(24,25)19-7-2-15(12-27-19)13-28-20(32)16-3-5-17(6-4-16)30-35(33,34)11-8-18-14-31-10-1-9-26-21(31)29-18/h1-7,9-10,12,14,30H,8,11,13H2,(H,28,32). The second-order valence-electron chi connectivity index (χ2n) is 7.54. The van der Waals surface area contributed by atoms with Crippen molar-refractivity contribution in [3.63, 3.8) is 0 Å². The molecule has 3 heterocycles. The number of nitrogens with one attached hydrogen (secondary N) is 2. The van der Waals surface area contributed by atoms with Gasteiger partial charge in [-0.25, -0.2) is 18.4 Å². The van der Waals surface area contributed by atoms with E-state index in [2.05, 4.69) is 25.0 Å². The minimum absolute atomic E-state index is 0.0169. The van der Waals surface area contributed by atoms with Gasteiger partial charge in [0.25, 0.3) is 5.91 Å². The highest BCUT2D eigenvalue weighted by Crippen LogP contribution is 2.27. The molecule has 182 valence electrons. The molecule has 0 aliphatic carbocycles. The van der Waals surface area contributed by atoms with Gasteiger partial charge in [0.05, 0.1) is 11.4 Å². The summed E-state index contributed by atoms with van der Waals surface area (Å²) in [7, 11) is -3.67. The van der Waals surface area contributed by atoms with Crippen molar-refractivity contribution in [2.75, 3.05) is 10.5 Å². The molecule has 4 aromatic rings. The average Bonchev–Trinajstić information content (AvgIpc) is 3.24. The van der Waals surface area contributed by atoms with Crippen LogP contribution in [0.2, 0.25) is 0 Å². The number of carbonyl (C=O) groups excluding carboxylic acids is 1. The van der Waals surface area contributed by atoms with Crippen LogP contribution in [0.15, 0.2) is 67.3 Å². The number of carbonyl (C=O) groups is 1. The fourth-order valence-corrected chi connectivity index (χ4v) is 4.22. The predicted octanol–water partition coefficient (Wildman–Crippen LogP) is 3.06. The number of alkyl halides is 3. The number of anilines is 1. The molecule has 0 atom stereocenters. The Balaban J connectivity index is 1.29. The third-order valence-electron chi connectivity index (χ3n) is 4.90. The van der Waals surface area contributed by atoms with E-state index in [9.17, 15) is 26.4 Å². The molecule has 0 radical (unpaired) electrons. The van der Waals surface area contributed by atoms with Crippen molar-refractivity contribution in [2.45, 2.75) is 19.1 Å². The monoisotopic (exact) mass is 504 g/mol. The number of sulfonamides is 1. The molecule has 4 rings (SSSR count). The molecule has 13 heteroatoms. The molecule has 0 spiro atoms. The molecule has 0 aliphatic rings. The SMILES string of the molecule is O=C(NCc1ccc(C(F)(F)F)nc1)c1ccc(NS(=O)(=O)CCc2cn3cccnc3n2)cc1. The molecule has 0 fully saturated rings. The van der Waals surface area contributed by atoms with Gasteiger partial charge in [-0.3, -0.25) is 18.9 Å². The van der Waals surface area contributed by atoms with Gasteiger partial charge >= 0.3 is 6.18 Å². The van der Waals surface area contributed by atoms with Crippen molar-refractivity contribution in [2.24, 2.45) is 0 Å². The number of imidazole rings is 1. The van der Waals surface area contributed by atoms with E-state index in [1.54, 1.807) is 29.1 Å². The molecule has 9 nitrogen and oxygen atoms in total. The summed E-state index contributed by atoms with van der Waals surface area (Å²) in [4.78, 5) is 24.0. The Bertz CT molecular complexity index is 1400. The average molecular weight is 504 g/mol. The third kappa shape index (κ3) is 6.32. The number of benzene rings is 1. The Morgan fingerprint density at radius 3 is 2.49 bits per heavy atom. The van der Waals surface area contributed by atoms with Gasteiger partial charge in [0.15, 0.2) is 0 Å². The van der Waals surface area contributed by atoms with Gasteiger partial charge in [-0.1, -0.05) is 6.07 Å². The first-order valence-corrected chi connectivity index (χ1v) is 11.9. The Labute approximate surface area is 198 Å². The van der Waals surface area contributed by atoms with Crippen molar-refractivity contribution in [3.8, 4) is 0 Å². The minimum Gasteiger partial charge on any atom is -0.348 e. The number of aromatic nitrogens is 4. The highest BCUT2D eigenvalue weighted by atomic mass is 32.2. The smallest absolute Gasteiger partial charge is 0.348 e. The number of aryl methyl sites for hydroxylation is 1. The second-order valence-corrected chi connectivity index (χ2v) is 9.38. The summed E-state index contributed by atoms with van der Waals surface area (Å²) >= 11 is 0. The van der Waals surface area contributed by atoms with Crippen LogP contribution in [-0.4, -0.2) is 39.4 Å². The zero-order valence-electron chi connectivity index (χ0n) is 18.0. The summed E-state index contributed by atoms with van der Waals surface area (Å²) in [5, 5.41) is 2.58. The lowest BCUT2D eigenvalue weighted by Gasteiger charge is -2.09. The quantitative estimate of drug-likeness (QED) is 0.381. The van der Waals surface area contributed by atoms with Crippen molar-refractivity contribution >= 4 is 27.4 Å². The first kappa shape index (κ1) is 24.1. The van der Waals surface area contributed by atoms with E-state index in [-0.39, 0.29) is 30.0 Å². The van der Waals surface area contributed by atoms with Crippen LogP contribution in [0.1, 0.15) is 27.3 Å². The molecule has 0 aliphatic heterocycles. The number of amides is 1. The lowest BCUT2D eigenvalue weighted by Crippen LogP contribution is -2.23. The van der Waals surface area contributed by atoms with Gasteiger partial charge in [0.2, 0.25) is 15.8 Å². The fourth-order valence-electron chi connectivity index (χ4n) is 3.14. The molecule has 35 heavy (non-hydrogen) atoms. The van der Waals surface area contributed by atoms with Crippen molar-refractivity contribution in [1.82, 2.24) is 24.7 Å².